The van der Waals surface area contributed by atoms with Gasteiger partial charge < -0.3 is 4.90 Å². The average molecular weight is 680 g/mol. The Morgan fingerprint density at radius 2 is 0.887 bits per heavy atom. The fraction of sp³-hybridized carbons (Fsp3) is 0.115. The summed E-state index contributed by atoms with van der Waals surface area (Å²) in [5.41, 5.74) is 19.0. The zero-order valence-corrected chi connectivity index (χ0v) is 30.7. The third-order valence-corrected chi connectivity index (χ3v) is 12.0. The molecule has 0 amide bonds. The minimum absolute atomic E-state index is 0.118. The molecule has 0 aromatic heterocycles. The first kappa shape index (κ1) is 31.5. The second-order valence-electron chi connectivity index (χ2n) is 15.7. The van der Waals surface area contributed by atoms with E-state index in [0.717, 1.165) is 11.4 Å². The molecule has 1 nitrogen and oxygen atoms in total. The van der Waals surface area contributed by atoms with Crippen molar-refractivity contribution in [1.29, 1.82) is 0 Å². The van der Waals surface area contributed by atoms with Crippen LogP contribution < -0.4 is 4.90 Å². The molecule has 0 saturated heterocycles. The van der Waals surface area contributed by atoms with E-state index in [1.165, 1.54) is 83.2 Å². The van der Waals surface area contributed by atoms with Gasteiger partial charge in [0.15, 0.2) is 0 Å². The summed E-state index contributed by atoms with van der Waals surface area (Å²) in [6.07, 6.45) is 0. The molecule has 2 aliphatic carbocycles. The highest BCUT2D eigenvalue weighted by atomic mass is 15.1. The molecule has 0 aliphatic heterocycles. The van der Waals surface area contributed by atoms with Gasteiger partial charge >= 0.3 is 0 Å². The second-order valence-corrected chi connectivity index (χ2v) is 15.7. The van der Waals surface area contributed by atoms with E-state index in [2.05, 4.69) is 209 Å². The third-order valence-electron chi connectivity index (χ3n) is 12.0. The van der Waals surface area contributed by atoms with Crippen LogP contribution in [-0.2, 0) is 10.8 Å². The molecule has 8 aromatic carbocycles. The van der Waals surface area contributed by atoms with Gasteiger partial charge in [-0.3, -0.25) is 0 Å². The van der Waals surface area contributed by atoms with Crippen molar-refractivity contribution in [1.82, 2.24) is 0 Å². The Kier molecular flexibility index (Phi) is 6.94. The van der Waals surface area contributed by atoms with Gasteiger partial charge in [-0.2, -0.15) is 0 Å². The molecule has 10 rings (SSSR count). The van der Waals surface area contributed by atoms with Crippen LogP contribution in [0.4, 0.5) is 17.1 Å². The first-order chi connectivity index (χ1) is 25.8. The Hall–Kier alpha value is -6.18. The van der Waals surface area contributed by atoms with Gasteiger partial charge in [-0.25, -0.2) is 0 Å². The Morgan fingerprint density at radius 1 is 0.377 bits per heavy atom. The third kappa shape index (κ3) is 4.70. The summed E-state index contributed by atoms with van der Waals surface area (Å²) < 4.78 is 0. The average Bonchev–Trinajstić information content (AvgIpc) is 3.58. The maximum absolute atomic E-state index is 2.50. The molecule has 254 valence electrons. The number of benzene rings is 8. The van der Waals surface area contributed by atoms with Crippen LogP contribution >= 0.6 is 0 Å². The van der Waals surface area contributed by atoms with Crippen molar-refractivity contribution in [3.05, 3.63) is 198 Å². The summed E-state index contributed by atoms with van der Waals surface area (Å²) in [6, 6.07) is 65.2. The van der Waals surface area contributed by atoms with E-state index in [4.69, 9.17) is 0 Å². The summed E-state index contributed by atoms with van der Waals surface area (Å²) in [4.78, 5) is 2.50. The van der Waals surface area contributed by atoms with Gasteiger partial charge in [0.25, 0.3) is 0 Å². The standard InChI is InChI=1S/C52H41N/c1-51(2)44-21-13-11-19-40(44)42-31-29-39(33-46(42)51)53(38-27-23-35(24-28-38)34-15-7-5-8-16-34)47-32-26-37-25-30-43-41-20-12-14-22-45(41)52(3,4)50(43)49(37)48(47)36-17-9-6-10-18-36/h5-33H,1-4H3. The van der Waals surface area contributed by atoms with Gasteiger partial charge in [0.1, 0.15) is 0 Å². The van der Waals surface area contributed by atoms with Crippen molar-refractivity contribution >= 4 is 27.8 Å². The summed E-state index contributed by atoms with van der Waals surface area (Å²) in [5, 5.41) is 2.59. The van der Waals surface area contributed by atoms with Gasteiger partial charge in [-0.05, 0) is 102 Å². The predicted molar refractivity (Wildman–Crippen MR) is 225 cm³/mol. The van der Waals surface area contributed by atoms with Crippen LogP contribution in [-0.4, -0.2) is 0 Å². The Morgan fingerprint density at radius 3 is 1.58 bits per heavy atom. The van der Waals surface area contributed by atoms with E-state index >= 15 is 0 Å². The molecule has 0 heterocycles. The number of hydrogen-bond acceptors (Lipinski definition) is 1. The smallest absolute Gasteiger partial charge is 0.0546 e. The van der Waals surface area contributed by atoms with Crippen LogP contribution in [0.3, 0.4) is 0 Å². The van der Waals surface area contributed by atoms with Crippen molar-refractivity contribution in [3.8, 4) is 44.5 Å². The molecule has 0 atom stereocenters. The fourth-order valence-electron chi connectivity index (χ4n) is 9.45. The summed E-state index contributed by atoms with van der Waals surface area (Å²) in [6.45, 7) is 9.54. The van der Waals surface area contributed by atoms with Gasteiger partial charge in [-0.15, -0.1) is 0 Å². The van der Waals surface area contributed by atoms with Gasteiger partial charge in [0, 0.05) is 27.8 Å². The normalized spacial score (nSPS) is 14.3. The Bertz CT molecular complexity index is 2700. The maximum Gasteiger partial charge on any atom is 0.0546 e. The van der Waals surface area contributed by atoms with Gasteiger partial charge in [-0.1, -0.05) is 173 Å². The van der Waals surface area contributed by atoms with Crippen molar-refractivity contribution in [2.75, 3.05) is 4.90 Å². The molecule has 53 heavy (non-hydrogen) atoms. The number of hydrogen-bond donors (Lipinski definition) is 0. The number of fused-ring (bicyclic) bond motifs is 8. The predicted octanol–water partition coefficient (Wildman–Crippen LogP) is 14.3. The van der Waals surface area contributed by atoms with Crippen LogP contribution in [0.5, 0.6) is 0 Å². The van der Waals surface area contributed by atoms with Crippen LogP contribution in [0.2, 0.25) is 0 Å². The van der Waals surface area contributed by atoms with E-state index in [-0.39, 0.29) is 10.8 Å². The zero-order chi connectivity index (χ0) is 35.9. The zero-order valence-electron chi connectivity index (χ0n) is 30.7. The van der Waals surface area contributed by atoms with E-state index in [1.807, 2.05) is 0 Å². The second kappa shape index (κ2) is 11.7. The molecule has 0 fully saturated rings. The molecule has 0 radical (unpaired) electrons. The van der Waals surface area contributed by atoms with Crippen molar-refractivity contribution in [3.63, 3.8) is 0 Å². The van der Waals surface area contributed by atoms with E-state index < -0.39 is 0 Å². The molecule has 0 bridgehead atoms. The maximum atomic E-state index is 2.50. The van der Waals surface area contributed by atoms with E-state index in [0.29, 0.717) is 0 Å². The monoisotopic (exact) mass is 679 g/mol. The van der Waals surface area contributed by atoms with Gasteiger partial charge in [0.2, 0.25) is 0 Å². The summed E-state index contributed by atoms with van der Waals surface area (Å²) in [7, 11) is 0. The molecule has 0 unspecified atom stereocenters. The molecular weight excluding hydrogens is 639 g/mol. The highest BCUT2D eigenvalue weighted by Crippen LogP contribution is 2.56. The number of rotatable bonds is 5. The first-order valence-corrected chi connectivity index (χ1v) is 18.8. The number of nitrogens with zero attached hydrogens (tertiary/aromatic N) is 1. The highest BCUT2D eigenvalue weighted by Gasteiger charge is 2.39. The quantitative estimate of drug-likeness (QED) is 0.175. The molecule has 2 aliphatic rings. The largest absolute Gasteiger partial charge is 0.310 e. The Balaban J connectivity index is 1.27. The van der Waals surface area contributed by atoms with Gasteiger partial charge in [0.05, 0.1) is 5.69 Å². The SMILES string of the molecule is CC1(C)c2ccccc2-c2ccc(N(c3ccc(-c4ccccc4)cc3)c3ccc4ccc5c(c4c3-c3ccccc3)C(C)(C)c3ccccc3-5)cc21. The minimum atomic E-state index is -0.168. The lowest BCUT2D eigenvalue weighted by molar-refractivity contribution is 0.660. The van der Waals surface area contributed by atoms with Crippen molar-refractivity contribution in [2.24, 2.45) is 0 Å². The lowest BCUT2D eigenvalue weighted by atomic mass is 9.78. The number of anilines is 3. The first-order valence-electron chi connectivity index (χ1n) is 18.8. The lowest BCUT2D eigenvalue weighted by Gasteiger charge is -2.32. The molecule has 8 aromatic rings. The molecular formula is C52H41N. The molecule has 1 heteroatoms. The minimum Gasteiger partial charge on any atom is -0.310 e. The highest BCUT2D eigenvalue weighted by molar-refractivity contribution is 6.11. The molecule has 0 saturated carbocycles. The fourth-order valence-corrected chi connectivity index (χ4v) is 9.45. The summed E-state index contributed by atoms with van der Waals surface area (Å²) >= 11 is 0. The van der Waals surface area contributed by atoms with E-state index in [1.54, 1.807) is 0 Å². The molecule has 0 spiro atoms. The van der Waals surface area contributed by atoms with Crippen molar-refractivity contribution in [2.45, 2.75) is 38.5 Å². The Labute approximate surface area is 312 Å². The van der Waals surface area contributed by atoms with E-state index in [9.17, 15) is 0 Å². The van der Waals surface area contributed by atoms with Crippen LogP contribution in [0.1, 0.15) is 49.9 Å². The van der Waals surface area contributed by atoms with Crippen LogP contribution in [0, 0.1) is 0 Å². The molecule has 0 N–H and O–H groups in total. The summed E-state index contributed by atoms with van der Waals surface area (Å²) in [5.74, 6) is 0. The topological polar surface area (TPSA) is 3.24 Å². The van der Waals surface area contributed by atoms with Crippen molar-refractivity contribution < 1.29 is 0 Å². The van der Waals surface area contributed by atoms with Crippen LogP contribution in [0.25, 0.3) is 55.3 Å². The lowest BCUT2D eigenvalue weighted by Crippen LogP contribution is -2.18. The van der Waals surface area contributed by atoms with Crippen LogP contribution in [0.15, 0.2) is 176 Å².